The summed E-state index contributed by atoms with van der Waals surface area (Å²) in [6.45, 7) is 8.20. The molecule has 0 spiro atoms. The highest BCUT2D eigenvalue weighted by Crippen LogP contribution is 2.31. The van der Waals surface area contributed by atoms with E-state index in [0.29, 0.717) is 31.0 Å². The molecular formula is C17H26N2O4S. The lowest BCUT2D eigenvalue weighted by Crippen LogP contribution is -2.49. The molecule has 2 rings (SSSR count). The summed E-state index contributed by atoms with van der Waals surface area (Å²) in [4.78, 5) is 12.2. The van der Waals surface area contributed by atoms with Crippen LogP contribution in [0.5, 0.6) is 0 Å². The Hall–Kier alpha value is -1.44. The molecule has 1 amide bonds. The van der Waals surface area contributed by atoms with E-state index in [2.05, 4.69) is 4.72 Å². The van der Waals surface area contributed by atoms with Crippen LogP contribution in [-0.2, 0) is 19.6 Å². The Labute approximate surface area is 143 Å². The van der Waals surface area contributed by atoms with Crippen molar-refractivity contribution in [2.75, 3.05) is 19.8 Å². The maximum absolute atomic E-state index is 12.9. The van der Waals surface area contributed by atoms with Crippen LogP contribution < -0.4 is 10.5 Å². The van der Waals surface area contributed by atoms with Crippen molar-refractivity contribution < 1.29 is 17.9 Å². The van der Waals surface area contributed by atoms with E-state index >= 15 is 0 Å². The van der Waals surface area contributed by atoms with Gasteiger partial charge < -0.3 is 10.5 Å². The molecule has 0 bridgehead atoms. The predicted molar refractivity (Wildman–Crippen MR) is 92.3 cm³/mol. The van der Waals surface area contributed by atoms with Crippen molar-refractivity contribution in [1.82, 2.24) is 4.72 Å². The summed E-state index contributed by atoms with van der Waals surface area (Å²) < 4.78 is 33.7. The molecule has 1 aliphatic rings. The number of hydrogen-bond acceptors (Lipinski definition) is 4. The number of amides is 1. The number of hydrogen-bond donors (Lipinski definition) is 2. The molecule has 0 atom stereocenters. The first kappa shape index (κ1) is 18.9. The molecule has 1 aliphatic heterocycles. The fraction of sp³-hybridized carbons (Fsp3) is 0.588. The van der Waals surface area contributed by atoms with Crippen LogP contribution in [0.1, 0.15) is 35.1 Å². The highest BCUT2D eigenvalue weighted by atomic mass is 32.2. The number of sulfonamides is 1. The minimum atomic E-state index is -3.74. The maximum Gasteiger partial charge on any atom is 0.241 e. The topological polar surface area (TPSA) is 98.5 Å². The van der Waals surface area contributed by atoms with Crippen molar-refractivity contribution in [2.24, 2.45) is 11.1 Å². The summed E-state index contributed by atoms with van der Waals surface area (Å²) in [7, 11) is -3.74. The van der Waals surface area contributed by atoms with Gasteiger partial charge in [0.25, 0.3) is 0 Å². The van der Waals surface area contributed by atoms with Crippen LogP contribution in [0.2, 0.25) is 0 Å². The van der Waals surface area contributed by atoms with Crippen molar-refractivity contribution in [2.45, 2.75) is 45.4 Å². The van der Waals surface area contributed by atoms with E-state index in [1.165, 1.54) is 0 Å². The lowest BCUT2D eigenvalue weighted by molar-refractivity contribution is -0.132. The van der Waals surface area contributed by atoms with Crippen LogP contribution in [0.25, 0.3) is 0 Å². The standard InChI is InChI=1S/C17H26N2O4S/c1-11-9-12(2)14(4)15(13(11)3)24(21,22)19-10-17(16(18)20)5-7-23-8-6-17/h9,19H,5-8,10H2,1-4H3,(H2,18,20). The Kier molecular flexibility index (Phi) is 5.37. The van der Waals surface area contributed by atoms with Crippen LogP contribution in [0.3, 0.4) is 0 Å². The van der Waals surface area contributed by atoms with Crippen molar-refractivity contribution in [3.63, 3.8) is 0 Å². The number of benzene rings is 1. The fourth-order valence-electron chi connectivity index (χ4n) is 3.16. The molecule has 0 aliphatic carbocycles. The number of aryl methyl sites for hydroxylation is 2. The van der Waals surface area contributed by atoms with Gasteiger partial charge in [0, 0.05) is 19.8 Å². The smallest absolute Gasteiger partial charge is 0.241 e. The number of primary amides is 1. The summed E-state index contributed by atoms with van der Waals surface area (Å²) in [6.07, 6.45) is 0.853. The van der Waals surface area contributed by atoms with Crippen LogP contribution in [0.15, 0.2) is 11.0 Å². The van der Waals surface area contributed by atoms with Gasteiger partial charge in [-0.3, -0.25) is 4.79 Å². The third-order valence-electron chi connectivity index (χ3n) is 5.14. The van der Waals surface area contributed by atoms with E-state index in [4.69, 9.17) is 10.5 Å². The van der Waals surface area contributed by atoms with Gasteiger partial charge in [-0.2, -0.15) is 0 Å². The number of carbonyl (C=O) groups is 1. The Morgan fingerprint density at radius 2 is 1.67 bits per heavy atom. The third kappa shape index (κ3) is 3.48. The van der Waals surface area contributed by atoms with Crippen LogP contribution in [0.4, 0.5) is 0 Å². The van der Waals surface area contributed by atoms with Gasteiger partial charge in [-0.15, -0.1) is 0 Å². The monoisotopic (exact) mass is 354 g/mol. The molecule has 24 heavy (non-hydrogen) atoms. The summed E-state index contributed by atoms with van der Waals surface area (Å²) in [5.41, 5.74) is 7.97. The molecule has 0 radical (unpaired) electrons. The predicted octanol–water partition coefficient (Wildman–Crippen LogP) is 1.48. The van der Waals surface area contributed by atoms with Crippen LogP contribution >= 0.6 is 0 Å². The van der Waals surface area contributed by atoms with Crippen molar-refractivity contribution in [1.29, 1.82) is 0 Å². The Bertz CT molecular complexity index is 724. The van der Waals surface area contributed by atoms with E-state index in [0.717, 1.165) is 22.3 Å². The van der Waals surface area contributed by atoms with E-state index in [1.54, 1.807) is 13.8 Å². The molecule has 1 aromatic carbocycles. The summed E-state index contributed by atoms with van der Waals surface area (Å²) >= 11 is 0. The SMILES string of the molecule is Cc1cc(C)c(C)c(S(=O)(=O)NCC2(C(N)=O)CCOCC2)c1C. The highest BCUT2D eigenvalue weighted by Gasteiger charge is 2.39. The molecule has 0 unspecified atom stereocenters. The molecule has 0 saturated carbocycles. The van der Waals surface area contributed by atoms with E-state index in [9.17, 15) is 13.2 Å². The average Bonchev–Trinajstić information content (AvgIpc) is 2.52. The first-order chi connectivity index (χ1) is 11.1. The Morgan fingerprint density at radius 3 is 2.12 bits per heavy atom. The van der Waals surface area contributed by atoms with Crippen LogP contribution in [-0.4, -0.2) is 34.1 Å². The maximum atomic E-state index is 12.9. The molecule has 0 aromatic heterocycles. The summed E-state index contributed by atoms with van der Waals surface area (Å²) in [6, 6.07) is 1.98. The summed E-state index contributed by atoms with van der Waals surface area (Å²) in [5, 5.41) is 0. The zero-order valence-corrected chi connectivity index (χ0v) is 15.5. The minimum absolute atomic E-state index is 0.000103. The van der Waals surface area contributed by atoms with Crippen molar-refractivity contribution in [3.8, 4) is 0 Å². The van der Waals surface area contributed by atoms with E-state index < -0.39 is 21.3 Å². The van der Waals surface area contributed by atoms with Gasteiger partial charge in [-0.05, 0) is 62.8 Å². The normalized spacial score (nSPS) is 17.7. The van der Waals surface area contributed by atoms with Gasteiger partial charge in [0.1, 0.15) is 0 Å². The lowest BCUT2D eigenvalue weighted by Gasteiger charge is -2.34. The second kappa shape index (κ2) is 6.82. The number of ether oxygens (including phenoxy) is 1. The molecular weight excluding hydrogens is 328 g/mol. The molecule has 7 heteroatoms. The van der Waals surface area contributed by atoms with Crippen molar-refractivity contribution in [3.05, 3.63) is 28.3 Å². The number of nitrogens with one attached hydrogen (secondary N) is 1. The zero-order chi connectivity index (χ0) is 18.1. The van der Waals surface area contributed by atoms with Gasteiger partial charge >= 0.3 is 0 Å². The molecule has 1 fully saturated rings. The second-order valence-electron chi connectivity index (χ2n) is 6.67. The number of nitrogens with two attached hydrogens (primary N) is 1. The number of rotatable bonds is 5. The largest absolute Gasteiger partial charge is 0.381 e. The van der Waals surface area contributed by atoms with Crippen LogP contribution in [0, 0.1) is 33.1 Å². The average molecular weight is 354 g/mol. The van der Waals surface area contributed by atoms with E-state index in [-0.39, 0.29) is 6.54 Å². The Balaban J connectivity index is 2.34. The molecule has 134 valence electrons. The molecule has 1 saturated heterocycles. The Morgan fingerprint density at radius 1 is 1.17 bits per heavy atom. The van der Waals surface area contributed by atoms with Gasteiger partial charge in [-0.25, -0.2) is 13.1 Å². The van der Waals surface area contributed by atoms with Crippen molar-refractivity contribution >= 4 is 15.9 Å². The molecule has 1 heterocycles. The van der Waals surface area contributed by atoms with Gasteiger partial charge in [-0.1, -0.05) is 6.07 Å². The number of carbonyl (C=O) groups excluding carboxylic acids is 1. The summed E-state index contributed by atoms with van der Waals surface area (Å²) in [5.74, 6) is -0.484. The minimum Gasteiger partial charge on any atom is -0.381 e. The zero-order valence-electron chi connectivity index (χ0n) is 14.7. The first-order valence-electron chi connectivity index (χ1n) is 8.05. The first-order valence-corrected chi connectivity index (χ1v) is 9.54. The quantitative estimate of drug-likeness (QED) is 0.837. The second-order valence-corrected chi connectivity index (χ2v) is 8.37. The fourth-order valence-corrected chi connectivity index (χ4v) is 4.90. The van der Waals surface area contributed by atoms with E-state index in [1.807, 2.05) is 19.9 Å². The third-order valence-corrected chi connectivity index (χ3v) is 6.81. The molecule has 1 aromatic rings. The molecule has 6 nitrogen and oxygen atoms in total. The van der Waals surface area contributed by atoms with Gasteiger partial charge in [0.15, 0.2) is 0 Å². The lowest BCUT2D eigenvalue weighted by atomic mass is 9.80. The van der Waals surface area contributed by atoms with Gasteiger partial charge in [0.2, 0.25) is 15.9 Å². The molecule has 3 N–H and O–H groups in total. The van der Waals surface area contributed by atoms with Gasteiger partial charge in [0.05, 0.1) is 10.3 Å². The highest BCUT2D eigenvalue weighted by molar-refractivity contribution is 7.89.